The molecule has 0 bridgehead atoms. The second-order valence-electron chi connectivity index (χ2n) is 7.22. The molecular formula is C24H17ClN4O2. The minimum absolute atomic E-state index is 0.196. The molecule has 2 aromatic heterocycles. The maximum absolute atomic E-state index is 12.5. The molecule has 0 aliphatic heterocycles. The number of halogens is 1. The third-order valence-electron chi connectivity index (χ3n) is 4.93. The van der Waals surface area contributed by atoms with Gasteiger partial charge in [0.15, 0.2) is 11.5 Å². The number of carbonyl (C=O) groups excluding carboxylic acids is 1. The Morgan fingerprint density at radius 3 is 2.48 bits per heavy atom. The molecule has 0 spiro atoms. The predicted molar refractivity (Wildman–Crippen MR) is 121 cm³/mol. The fourth-order valence-electron chi connectivity index (χ4n) is 3.30. The fourth-order valence-corrected chi connectivity index (χ4v) is 3.43. The molecule has 6 nitrogen and oxygen atoms in total. The number of nitrogens with zero attached hydrogens (tertiary/aromatic N) is 2. The summed E-state index contributed by atoms with van der Waals surface area (Å²) in [5.74, 6) is 0.927. The first kappa shape index (κ1) is 19.1. The number of hydrogen-bond donors (Lipinski definition) is 2. The Kier molecular flexibility index (Phi) is 4.76. The quantitative estimate of drug-likeness (QED) is 0.362. The van der Waals surface area contributed by atoms with Gasteiger partial charge in [-0.05, 0) is 73.2 Å². The van der Waals surface area contributed by atoms with Gasteiger partial charge in [0, 0.05) is 27.9 Å². The summed E-state index contributed by atoms with van der Waals surface area (Å²) >= 11 is 5.91. The number of anilines is 1. The van der Waals surface area contributed by atoms with Crippen molar-refractivity contribution in [3.8, 4) is 22.7 Å². The van der Waals surface area contributed by atoms with Crippen molar-refractivity contribution in [2.75, 3.05) is 5.32 Å². The van der Waals surface area contributed by atoms with Crippen molar-refractivity contribution in [3.05, 3.63) is 89.1 Å². The van der Waals surface area contributed by atoms with Crippen LogP contribution in [0.15, 0.2) is 77.3 Å². The van der Waals surface area contributed by atoms with Crippen LogP contribution in [-0.4, -0.2) is 21.0 Å². The Bertz CT molecular complexity index is 1390. The molecule has 2 heterocycles. The minimum atomic E-state index is -0.351. The van der Waals surface area contributed by atoms with Gasteiger partial charge < -0.3 is 14.8 Å². The molecule has 0 radical (unpaired) electrons. The number of aromatic nitrogens is 3. The molecule has 0 atom stereocenters. The number of fused-ring (bicyclic) bond motifs is 1. The van der Waals surface area contributed by atoms with E-state index in [9.17, 15) is 4.79 Å². The molecule has 0 saturated heterocycles. The summed E-state index contributed by atoms with van der Waals surface area (Å²) in [6.07, 6.45) is 0. The highest BCUT2D eigenvalue weighted by Gasteiger charge is 2.14. The van der Waals surface area contributed by atoms with Crippen molar-refractivity contribution in [2.45, 2.75) is 6.92 Å². The lowest BCUT2D eigenvalue weighted by Gasteiger charge is -2.03. The van der Waals surface area contributed by atoms with Crippen LogP contribution in [0.25, 0.3) is 33.7 Å². The van der Waals surface area contributed by atoms with E-state index in [2.05, 4.69) is 26.5 Å². The van der Waals surface area contributed by atoms with Gasteiger partial charge in [-0.25, -0.2) is 4.98 Å². The molecule has 0 saturated carbocycles. The number of H-pyrrole nitrogens is 1. The normalized spacial score (nSPS) is 11.0. The minimum Gasteiger partial charge on any atom is -0.355 e. The molecule has 31 heavy (non-hydrogen) atoms. The number of imidazole rings is 1. The Morgan fingerprint density at radius 1 is 0.968 bits per heavy atom. The van der Waals surface area contributed by atoms with E-state index in [0.717, 1.165) is 28.0 Å². The van der Waals surface area contributed by atoms with Crippen LogP contribution < -0.4 is 5.32 Å². The summed E-state index contributed by atoms with van der Waals surface area (Å²) in [7, 11) is 0. The third-order valence-corrected chi connectivity index (χ3v) is 5.18. The van der Waals surface area contributed by atoms with Gasteiger partial charge in [-0.15, -0.1) is 0 Å². The van der Waals surface area contributed by atoms with E-state index in [-0.39, 0.29) is 11.6 Å². The van der Waals surface area contributed by atoms with Crippen LogP contribution in [0.5, 0.6) is 0 Å². The number of hydrogen-bond acceptors (Lipinski definition) is 4. The van der Waals surface area contributed by atoms with E-state index in [0.29, 0.717) is 16.5 Å². The van der Waals surface area contributed by atoms with E-state index in [1.54, 1.807) is 18.2 Å². The zero-order chi connectivity index (χ0) is 21.4. The molecule has 152 valence electrons. The molecule has 0 aliphatic rings. The predicted octanol–water partition coefficient (Wildman–Crippen LogP) is 6.10. The van der Waals surface area contributed by atoms with Crippen molar-refractivity contribution in [1.29, 1.82) is 0 Å². The fraction of sp³-hybridized carbons (Fsp3) is 0.0417. The zero-order valence-electron chi connectivity index (χ0n) is 16.5. The lowest BCUT2D eigenvalue weighted by atomic mass is 10.1. The first-order valence-corrected chi connectivity index (χ1v) is 10.0. The summed E-state index contributed by atoms with van der Waals surface area (Å²) in [6.45, 7) is 2.05. The first-order chi connectivity index (χ1) is 15.0. The van der Waals surface area contributed by atoms with Crippen LogP contribution in [0.1, 0.15) is 16.1 Å². The number of nitrogens with one attached hydrogen (secondary N) is 2. The van der Waals surface area contributed by atoms with Gasteiger partial charge in [-0.1, -0.05) is 22.8 Å². The monoisotopic (exact) mass is 428 g/mol. The molecule has 2 N–H and O–H groups in total. The maximum Gasteiger partial charge on any atom is 0.277 e. The Morgan fingerprint density at radius 2 is 1.71 bits per heavy atom. The average Bonchev–Trinajstić information content (AvgIpc) is 3.42. The molecule has 0 aliphatic carbocycles. The van der Waals surface area contributed by atoms with Gasteiger partial charge in [0.2, 0.25) is 0 Å². The zero-order valence-corrected chi connectivity index (χ0v) is 17.3. The molecule has 5 rings (SSSR count). The van der Waals surface area contributed by atoms with Crippen LogP contribution in [0.2, 0.25) is 5.02 Å². The van der Waals surface area contributed by atoms with E-state index >= 15 is 0 Å². The van der Waals surface area contributed by atoms with E-state index in [4.69, 9.17) is 16.1 Å². The van der Waals surface area contributed by atoms with Gasteiger partial charge in [-0.2, -0.15) is 0 Å². The summed E-state index contributed by atoms with van der Waals surface area (Å²) in [4.78, 5) is 20.5. The van der Waals surface area contributed by atoms with Gasteiger partial charge in [0.1, 0.15) is 5.82 Å². The summed E-state index contributed by atoms with van der Waals surface area (Å²) in [5.41, 5.74) is 5.65. The topological polar surface area (TPSA) is 83.8 Å². The molecule has 3 aromatic carbocycles. The van der Waals surface area contributed by atoms with Crippen LogP contribution >= 0.6 is 11.6 Å². The smallest absolute Gasteiger partial charge is 0.277 e. The molecule has 0 unspecified atom stereocenters. The summed E-state index contributed by atoms with van der Waals surface area (Å²) in [6, 6.07) is 22.3. The largest absolute Gasteiger partial charge is 0.355 e. The summed E-state index contributed by atoms with van der Waals surface area (Å²) in [5, 5.41) is 7.33. The lowest BCUT2D eigenvalue weighted by molar-refractivity contribution is 0.101. The Labute approximate surface area is 182 Å². The van der Waals surface area contributed by atoms with Crippen LogP contribution in [-0.2, 0) is 0 Å². The van der Waals surface area contributed by atoms with Crippen LogP contribution in [0.4, 0.5) is 5.69 Å². The Hall–Kier alpha value is -3.90. The number of amides is 1. The van der Waals surface area contributed by atoms with Gasteiger partial charge in [0.25, 0.3) is 5.91 Å². The van der Waals surface area contributed by atoms with E-state index < -0.39 is 0 Å². The van der Waals surface area contributed by atoms with Gasteiger partial charge in [0.05, 0.1) is 11.0 Å². The van der Waals surface area contributed by atoms with Crippen LogP contribution in [0, 0.1) is 6.92 Å². The molecular weight excluding hydrogens is 412 g/mol. The number of aromatic amines is 1. The average molecular weight is 429 g/mol. The highest BCUT2D eigenvalue weighted by molar-refractivity contribution is 6.30. The first-order valence-electron chi connectivity index (χ1n) is 9.66. The van der Waals surface area contributed by atoms with Crippen molar-refractivity contribution >= 4 is 34.2 Å². The van der Waals surface area contributed by atoms with Crippen molar-refractivity contribution in [3.63, 3.8) is 0 Å². The molecule has 7 heteroatoms. The number of rotatable bonds is 4. The van der Waals surface area contributed by atoms with Crippen molar-refractivity contribution in [2.24, 2.45) is 0 Å². The van der Waals surface area contributed by atoms with Gasteiger partial charge in [-0.3, -0.25) is 4.79 Å². The summed E-state index contributed by atoms with van der Waals surface area (Å²) < 4.78 is 5.30. The highest BCUT2D eigenvalue weighted by atomic mass is 35.5. The standard InChI is InChI=1S/C24H17ClN4O2/c1-14-2-11-19-20(12-14)28-23(27-19)16-5-9-18(10-6-16)26-24(30)21-13-22(31-29-21)15-3-7-17(25)8-4-15/h2-13H,1H3,(H,26,30)(H,27,28). The third kappa shape index (κ3) is 3.93. The van der Waals surface area contributed by atoms with Crippen molar-refractivity contribution < 1.29 is 9.32 Å². The second kappa shape index (κ2) is 7.74. The number of carbonyl (C=O) groups is 1. The Balaban J connectivity index is 1.31. The van der Waals surface area contributed by atoms with Crippen LogP contribution in [0.3, 0.4) is 0 Å². The van der Waals surface area contributed by atoms with E-state index in [1.165, 1.54) is 5.56 Å². The molecule has 0 fully saturated rings. The van der Waals surface area contributed by atoms with E-state index in [1.807, 2.05) is 55.5 Å². The number of aryl methyl sites for hydroxylation is 1. The second-order valence-corrected chi connectivity index (χ2v) is 7.66. The number of benzene rings is 3. The molecule has 5 aromatic rings. The molecule has 1 amide bonds. The highest BCUT2D eigenvalue weighted by Crippen LogP contribution is 2.24. The SMILES string of the molecule is Cc1ccc2nc(-c3ccc(NC(=O)c4cc(-c5ccc(Cl)cc5)on4)cc3)[nH]c2c1. The lowest BCUT2D eigenvalue weighted by Crippen LogP contribution is -2.12. The maximum atomic E-state index is 12.5. The van der Waals surface area contributed by atoms with Gasteiger partial charge >= 0.3 is 0 Å². The van der Waals surface area contributed by atoms with Crippen molar-refractivity contribution in [1.82, 2.24) is 15.1 Å².